The van der Waals surface area contributed by atoms with Crippen molar-refractivity contribution in [1.29, 1.82) is 0 Å². The molecule has 16 heavy (non-hydrogen) atoms. The lowest BCUT2D eigenvalue weighted by atomic mass is 10.2. The summed E-state index contributed by atoms with van der Waals surface area (Å²) in [6.07, 6.45) is 9.16. The molecule has 2 nitrogen and oxygen atoms in total. The van der Waals surface area contributed by atoms with Crippen LogP contribution in [0.25, 0.3) is 0 Å². The Morgan fingerprint density at radius 3 is 2.12 bits per heavy atom. The molecule has 0 bridgehead atoms. The van der Waals surface area contributed by atoms with Gasteiger partial charge in [-0.25, -0.2) is 0 Å². The second kappa shape index (κ2) is 12.6. The number of hydrogen-bond acceptors (Lipinski definition) is 2. The summed E-state index contributed by atoms with van der Waals surface area (Å²) in [5, 5.41) is 0. The summed E-state index contributed by atoms with van der Waals surface area (Å²) < 4.78 is 5.09. The predicted octanol–water partition coefficient (Wildman–Crippen LogP) is 3.83. The minimum Gasteiger partial charge on any atom is -0.502 e. The number of rotatable bonds is 12. The van der Waals surface area contributed by atoms with Crippen molar-refractivity contribution in [1.82, 2.24) is 4.90 Å². The van der Waals surface area contributed by atoms with E-state index in [9.17, 15) is 0 Å². The maximum absolute atomic E-state index is 5.09. The Morgan fingerprint density at radius 2 is 1.56 bits per heavy atom. The third kappa shape index (κ3) is 10.0. The molecule has 2 heteroatoms. The highest BCUT2D eigenvalue weighted by Gasteiger charge is 2.01. The SMILES string of the molecule is C=COCCCCCCN(CCC)CCC. The predicted molar refractivity (Wildman–Crippen MR) is 71.6 cm³/mol. The standard InChI is InChI=1S/C14H29NO/c1-4-11-15(12-5-2)13-9-7-8-10-14-16-6-3/h6H,3-5,7-14H2,1-2H3. The number of hydrogen-bond donors (Lipinski definition) is 0. The normalized spacial score (nSPS) is 10.7. The van der Waals surface area contributed by atoms with Crippen LogP contribution in [0.1, 0.15) is 52.4 Å². The van der Waals surface area contributed by atoms with Crippen LogP contribution in [0.3, 0.4) is 0 Å². The number of nitrogens with zero attached hydrogens (tertiary/aromatic N) is 1. The molecule has 0 aliphatic rings. The van der Waals surface area contributed by atoms with Gasteiger partial charge in [-0.1, -0.05) is 33.3 Å². The maximum atomic E-state index is 5.09. The molecule has 0 radical (unpaired) electrons. The van der Waals surface area contributed by atoms with Gasteiger partial charge in [0.25, 0.3) is 0 Å². The summed E-state index contributed by atoms with van der Waals surface area (Å²) in [6.45, 7) is 12.7. The largest absolute Gasteiger partial charge is 0.502 e. The summed E-state index contributed by atoms with van der Waals surface area (Å²) in [4.78, 5) is 2.58. The smallest absolute Gasteiger partial charge is 0.0873 e. The second-order valence-electron chi connectivity index (χ2n) is 4.29. The monoisotopic (exact) mass is 227 g/mol. The van der Waals surface area contributed by atoms with Crippen LogP contribution in [-0.4, -0.2) is 31.1 Å². The van der Waals surface area contributed by atoms with Crippen molar-refractivity contribution in [3.05, 3.63) is 12.8 Å². The van der Waals surface area contributed by atoms with Gasteiger partial charge in [0.2, 0.25) is 0 Å². The van der Waals surface area contributed by atoms with Crippen molar-refractivity contribution in [2.24, 2.45) is 0 Å². The van der Waals surface area contributed by atoms with Gasteiger partial charge in [-0.05, 0) is 45.3 Å². The minimum absolute atomic E-state index is 0.830. The molecule has 0 rings (SSSR count). The Labute approximate surface area is 102 Å². The Kier molecular flexibility index (Phi) is 12.2. The van der Waals surface area contributed by atoms with Crippen LogP contribution in [0, 0.1) is 0 Å². The van der Waals surface area contributed by atoms with Gasteiger partial charge in [0.1, 0.15) is 0 Å². The number of unbranched alkanes of at least 4 members (excludes halogenated alkanes) is 3. The van der Waals surface area contributed by atoms with E-state index < -0.39 is 0 Å². The van der Waals surface area contributed by atoms with Crippen LogP contribution in [0.2, 0.25) is 0 Å². The van der Waals surface area contributed by atoms with Gasteiger partial charge in [0.05, 0.1) is 12.9 Å². The van der Waals surface area contributed by atoms with E-state index >= 15 is 0 Å². The molecule has 0 aromatic heterocycles. The van der Waals surface area contributed by atoms with Gasteiger partial charge < -0.3 is 9.64 Å². The Bertz CT molecular complexity index is 142. The molecular weight excluding hydrogens is 198 g/mol. The average molecular weight is 227 g/mol. The molecule has 0 heterocycles. The van der Waals surface area contributed by atoms with Gasteiger partial charge in [-0.3, -0.25) is 0 Å². The van der Waals surface area contributed by atoms with E-state index in [2.05, 4.69) is 25.3 Å². The maximum Gasteiger partial charge on any atom is 0.0873 e. The van der Waals surface area contributed by atoms with Crippen molar-refractivity contribution in [3.8, 4) is 0 Å². The lowest BCUT2D eigenvalue weighted by Crippen LogP contribution is -2.26. The lowest BCUT2D eigenvalue weighted by molar-refractivity contribution is 0.237. The molecule has 0 aliphatic heterocycles. The first-order valence-corrected chi connectivity index (χ1v) is 6.80. The van der Waals surface area contributed by atoms with E-state index in [1.807, 2.05) is 0 Å². The molecule has 96 valence electrons. The van der Waals surface area contributed by atoms with Gasteiger partial charge in [-0.2, -0.15) is 0 Å². The molecule has 0 aliphatic carbocycles. The quantitative estimate of drug-likeness (QED) is 0.371. The van der Waals surface area contributed by atoms with Crippen LogP contribution in [-0.2, 0) is 4.74 Å². The minimum atomic E-state index is 0.830. The van der Waals surface area contributed by atoms with Gasteiger partial charge in [0, 0.05) is 0 Å². The third-order valence-corrected chi connectivity index (χ3v) is 2.68. The molecule has 0 aromatic rings. The zero-order valence-electron chi connectivity index (χ0n) is 11.2. The fourth-order valence-corrected chi connectivity index (χ4v) is 1.93. The summed E-state index contributed by atoms with van der Waals surface area (Å²) >= 11 is 0. The highest BCUT2D eigenvalue weighted by Crippen LogP contribution is 2.03. The van der Waals surface area contributed by atoms with E-state index in [1.165, 1.54) is 58.0 Å². The van der Waals surface area contributed by atoms with E-state index in [4.69, 9.17) is 4.74 Å². The van der Waals surface area contributed by atoms with Crippen LogP contribution in [0.4, 0.5) is 0 Å². The fraction of sp³-hybridized carbons (Fsp3) is 0.857. The van der Waals surface area contributed by atoms with Crippen molar-refractivity contribution in [3.63, 3.8) is 0 Å². The number of ether oxygens (including phenoxy) is 1. The van der Waals surface area contributed by atoms with Gasteiger partial charge >= 0.3 is 0 Å². The van der Waals surface area contributed by atoms with E-state index in [1.54, 1.807) is 0 Å². The summed E-state index contributed by atoms with van der Waals surface area (Å²) in [6, 6.07) is 0. The summed E-state index contributed by atoms with van der Waals surface area (Å²) in [5.74, 6) is 0. The first-order chi connectivity index (χ1) is 7.85. The Balaban J connectivity index is 3.28. The van der Waals surface area contributed by atoms with Gasteiger partial charge in [0.15, 0.2) is 0 Å². The Morgan fingerprint density at radius 1 is 0.938 bits per heavy atom. The van der Waals surface area contributed by atoms with Crippen molar-refractivity contribution in [2.75, 3.05) is 26.2 Å². The highest BCUT2D eigenvalue weighted by molar-refractivity contribution is 4.57. The van der Waals surface area contributed by atoms with E-state index in [0.717, 1.165) is 13.0 Å². The molecule has 0 saturated carbocycles. The van der Waals surface area contributed by atoms with Crippen molar-refractivity contribution >= 4 is 0 Å². The van der Waals surface area contributed by atoms with Crippen LogP contribution in [0.5, 0.6) is 0 Å². The fourth-order valence-electron chi connectivity index (χ4n) is 1.93. The molecule has 0 aromatic carbocycles. The van der Waals surface area contributed by atoms with Gasteiger partial charge in [-0.15, -0.1) is 0 Å². The molecule has 0 atom stereocenters. The van der Waals surface area contributed by atoms with Crippen LogP contribution in [0.15, 0.2) is 12.8 Å². The van der Waals surface area contributed by atoms with Crippen molar-refractivity contribution in [2.45, 2.75) is 52.4 Å². The molecule has 0 unspecified atom stereocenters. The summed E-state index contributed by atoms with van der Waals surface area (Å²) in [5.41, 5.74) is 0. The molecule has 0 N–H and O–H groups in total. The first-order valence-electron chi connectivity index (χ1n) is 6.80. The molecule has 0 saturated heterocycles. The van der Waals surface area contributed by atoms with Crippen LogP contribution >= 0.6 is 0 Å². The molecule has 0 spiro atoms. The summed E-state index contributed by atoms with van der Waals surface area (Å²) in [7, 11) is 0. The van der Waals surface area contributed by atoms with E-state index in [0.29, 0.717) is 0 Å². The van der Waals surface area contributed by atoms with E-state index in [-0.39, 0.29) is 0 Å². The highest BCUT2D eigenvalue weighted by atomic mass is 16.5. The molecular formula is C14H29NO. The topological polar surface area (TPSA) is 12.5 Å². The zero-order chi connectivity index (χ0) is 12.1. The molecule has 0 amide bonds. The second-order valence-corrected chi connectivity index (χ2v) is 4.29. The van der Waals surface area contributed by atoms with Crippen LogP contribution < -0.4 is 0 Å². The first kappa shape index (κ1) is 15.5. The average Bonchev–Trinajstić information content (AvgIpc) is 2.28. The third-order valence-electron chi connectivity index (χ3n) is 2.68. The molecule has 0 fully saturated rings. The zero-order valence-corrected chi connectivity index (χ0v) is 11.2. The van der Waals surface area contributed by atoms with Crippen molar-refractivity contribution < 1.29 is 4.74 Å². The Hall–Kier alpha value is -0.500. The lowest BCUT2D eigenvalue weighted by Gasteiger charge is -2.20.